The maximum absolute atomic E-state index is 12.6. The maximum atomic E-state index is 12.6. The monoisotopic (exact) mass is 342 g/mol. The molecule has 0 spiro atoms. The number of unbranched alkanes of at least 4 members (excludes halogenated alkanes) is 2. The van der Waals surface area contributed by atoms with Crippen LogP contribution in [0.1, 0.15) is 39.5 Å². The van der Waals surface area contributed by atoms with E-state index >= 15 is 0 Å². The Bertz CT molecular complexity index is 921. The first-order chi connectivity index (χ1) is 10.8. The smallest absolute Gasteiger partial charge is 0.276 e. The van der Waals surface area contributed by atoms with E-state index in [-0.39, 0.29) is 11.0 Å². The summed E-state index contributed by atoms with van der Waals surface area (Å²) in [7, 11) is -3.62. The van der Waals surface area contributed by atoms with Crippen molar-refractivity contribution < 1.29 is 8.42 Å². The Hall–Kier alpha value is -1.90. The molecule has 0 atom stereocenters. The van der Waals surface area contributed by atoms with Crippen molar-refractivity contribution in [1.82, 2.24) is 18.3 Å². The van der Waals surface area contributed by atoms with Crippen molar-refractivity contribution in [2.75, 3.05) is 6.26 Å². The minimum atomic E-state index is -3.62. The van der Waals surface area contributed by atoms with E-state index in [1.807, 2.05) is 13.8 Å². The molecule has 0 aliphatic heterocycles. The normalized spacial score (nSPS) is 12.1. The fourth-order valence-corrected chi connectivity index (χ4v) is 2.89. The molecule has 0 radical (unpaired) electrons. The number of hydrogen-bond donors (Lipinski definition) is 0. The van der Waals surface area contributed by atoms with Crippen LogP contribution in [0.4, 0.5) is 0 Å². The standard InChI is InChI=1S/C14H22N4O4S/c1-4-6-8-16-12-11(10-18(15-12)23(3,21)22)13(19)17(14(16)20)9-7-5-2/h10H,4-9H2,1-3H3. The number of hydrogen-bond acceptors (Lipinski definition) is 5. The van der Waals surface area contributed by atoms with Gasteiger partial charge in [0.05, 0.1) is 12.5 Å². The third-order valence-electron chi connectivity index (χ3n) is 3.68. The van der Waals surface area contributed by atoms with Crippen LogP contribution in [0.25, 0.3) is 11.0 Å². The Labute approximate surface area is 134 Å². The van der Waals surface area contributed by atoms with E-state index in [1.54, 1.807) is 0 Å². The van der Waals surface area contributed by atoms with Crippen LogP contribution in [-0.2, 0) is 23.1 Å². The van der Waals surface area contributed by atoms with Crippen LogP contribution in [-0.4, -0.2) is 33.0 Å². The van der Waals surface area contributed by atoms with Crippen LogP contribution in [0.2, 0.25) is 0 Å². The quantitative estimate of drug-likeness (QED) is 0.740. The average Bonchev–Trinajstić information content (AvgIpc) is 2.92. The molecule has 0 unspecified atom stereocenters. The lowest BCUT2D eigenvalue weighted by atomic mass is 10.3. The molecule has 0 aliphatic carbocycles. The van der Waals surface area contributed by atoms with Crippen molar-refractivity contribution in [1.29, 1.82) is 0 Å². The van der Waals surface area contributed by atoms with Crippen molar-refractivity contribution in [2.45, 2.75) is 52.6 Å². The van der Waals surface area contributed by atoms with Gasteiger partial charge in [0.15, 0.2) is 5.65 Å². The minimum Gasteiger partial charge on any atom is -0.276 e. The van der Waals surface area contributed by atoms with Gasteiger partial charge in [0.1, 0.15) is 5.39 Å². The molecule has 0 N–H and O–H groups in total. The Kier molecular flexibility index (Phi) is 5.08. The highest BCUT2D eigenvalue weighted by atomic mass is 32.2. The first-order valence-electron chi connectivity index (χ1n) is 7.74. The second-order valence-electron chi connectivity index (χ2n) is 5.60. The summed E-state index contributed by atoms with van der Waals surface area (Å²) in [6.07, 6.45) is 5.36. The van der Waals surface area contributed by atoms with E-state index in [4.69, 9.17) is 0 Å². The number of rotatable bonds is 7. The topological polar surface area (TPSA) is 96.0 Å². The van der Waals surface area contributed by atoms with Crippen molar-refractivity contribution in [3.8, 4) is 0 Å². The van der Waals surface area contributed by atoms with Crippen molar-refractivity contribution in [3.63, 3.8) is 0 Å². The molecule has 23 heavy (non-hydrogen) atoms. The summed E-state index contributed by atoms with van der Waals surface area (Å²) >= 11 is 0. The molecule has 2 aromatic heterocycles. The van der Waals surface area contributed by atoms with Gasteiger partial charge in [-0.15, -0.1) is 5.10 Å². The summed E-state index contributed by atoms with van der Waals surface area (Å²) in [5.41, 5.74) is -0.782. The van der Waals surface area contributed by atoms with Crippen molar-refractivity contribution in [3.05, 3.63) is 27.0 Å². The Morgan fingerprint density at radius 3 is 2.13 bits per heavy atom. The first-order valence-corrected chi connectivity index (χ1v) is 9.59. The molecular formula is C14H22N4O4S. The number of aryl methyl sites for hydroxylation is 1. The third kappa shape index (κ3) is 3.39. The molecule has 2 aromatic rings. The zero-order chi connectivity index (χ0) is 17.2. The summed E-state index contributed by atoms with van der Waals surface area (Å²) in [6.45, 7) is 4.69. The molecular weight excluding hydrogens is 320 g/mol. The first kappa shape index (κ1) is 17.5. The van der Waals surface area contributed by atoms with Crippen LogP contribution < -0.4 is 11.2 Å². The van der Waals surface area contributed by atoms with Crippen LogP contribution in [0, 0.1) is 0 Å². The van der Waals surface area contributed by atoms with E-state index < -0.39 is 21.3 Å². The summed E-state index contributed by atoms with van der Waals surface area (Å²) < 4.78 is 26.7. The number of nitrogens with zero attached hydrogens (tertiary/aromatic N) is 4. The van der Waals surface area contributed by atoms with Gasteiger partial charge in [-0.05, 0) is 12.8 Å². The molecule has 8 nitrogen and oxygen atoms in total. The van der Waals surface area contributed by atoms with Gasteiger partial charge in [0.2, 0.25) is 0 Å². The SMILES string of the molecule is CCCCn1c(=O)c2cn(S(C)(=O)=O)nc2n(CCCC)c1=O. The van der Waals surface area contributed by atoms with Gasteiger partial charge in [0, 0.05) is 13.1 Å². The highest BCUT2D eigenvalue weighted by Crippen LogP contribution is 2.09. The summed E-state index contributed by atoms with van der Waals surface area (Å²) in [5.74, 6) is 0. The van der Waals surface area contributed by atoms with Gasteiger partial charge in [-0.25, -0.2) is 13.2 Å². The predicted molar refractivity (Wildman–Crippen MR) is 88.3 cm³/mol. The average molecular weight is 342 g/mol. The van der Waals surface area contributed by atoms with Crippen LogP contribution in [0.3, 0.4) is 0 Å². The molecule has 0 saturated carbocycles. The van der Waals surface area contributed by atoms with E-state index in [2.05, 4.69) is 5.10 Å². The molecule has 0 saturated heterocycles. The zero-order valence-corrected chi connectivity index (χ0v) is 14.5. The molecule has 0 amide bonds. The lowest BCUT2D eigenvalue weighted by Crippen LogP contribution is -2.40. The molecule has 0 aromatic carbocycles. The second-order valence-corrected chi connectivity index (χ2v) is 7.44. The lowest BCUT2D eigenvalue weighted by Gasteiger charge is -2.10. The van der Waals surface area contributed by atoms with Gasteiger partial charge >= 0.3 is 5.69 Å². The summed E-state index contributed by atoms with van der Waals surface area (Å²) in [6, 6.07) is 0. The molecule has 2 rings (SSSR count). The largest absolute Gasteiger partial charge is 0.332 e. The fraction of sp³-hybridized carbons (Fsp3) is 0.643. The van der Waals surface area contributed by atoms with Gasteiger partial charge in [-0.3, -0.25) is 13.9 Å². The predicted octanol–water partition coefficient (Wildman–Crippen LogP) is 0.768. The Morgan fingerprint density at radius 2 is 1.61 bits per heavy atom. The van der Waals surface area contributed by atoms with E-state index in [0.29, 0.717) is 19.5 Å². The molecule has 128 valence electrons. The Morgan fingerprint density at radius 1 is 1.04 bits per heavy atom. The van der Waals surface area contributed by atoms with E-state index in [0.717, 1.165) is 29.6 Å². The molecule has 9 heteroatoms. The second kappa shape index (κ2) is 6.69. The zero-order valence-electron chi connectivity index (χ0n) is 13.7. The van der Waals surface area contributed by atoms with E-state index in [9.17, 15) is 18.0 Å². The highest BCUT2D eigenvalue weighted by molar-refractivity contribution is 7.89. The highest BCUT2D eigenvalue weighted by Gasteiger charge is 2.18. The number of aromatic nitrogens is 4. The summed E-state index contributed by atoms with van der Waals surface area (Å²) in [5, 5.41) is 4.11. The van der Waals surface area contributed by atoms with Gasteiger partial charge < -0.3 is 0 Å². The Balaban J connectivity index is 2.79. The molecule has 0 bridgehead atoms. The van der Waals surface area contributed by atoms with Gasteiger partial charge in [0.25, 0.3) is 15.6 Å². The fourth-order valence-electron chi connectivity index (χ4n) is 2.36. The number of fused-ring (bicyclic) bond motifs is 1. The van der Waals surface area contributed by atoms with Gasteiger partial charge in [-0.2, -0.15) is 4.09 Å². The third-order valence-corrected chi connectivity index (χ3v) is 4.54. The van der Waals surface area contributed by atoms with E-state index in [1.165, 1.54) is 15.3 Å². The molecule has 0 fully saturated rings. The van der Waals surface area contributed by atoms with Gasteiger partial charge in [-0.1, -0.05) is 26.7 Å². The molecule has 2 heterocycles. The minimum absolute atomic E-state index is 0.131. The van der Waals surface area contributed by atoms with Crippen LogP contribution in [0.15, 0.2) is 15.8 Å². The lowest BCUT2D eigenvalue weighted by molar-refractivity contribution is 0.529. The molecule has 0 aliphatic rings. The van der Waals surface area contributed by atoms with Crippen molar-refractivity contribution >= 4 is 21.1 Å². The van der Waals surface area contributed by atoms with Crippen molar-refractivity contribution in [2.24, 2.45) is 0 Å². The van der Waals surface area contributed by atoms with Crippen LogP contribution >= 0.6 is 0 Å². The van der Waals surface area contributed by atoms with Crippen LogP contribution in [0.5, 0.6) is 0 Å². The maximum Gasteiger partial charge on any atom is 0.332 e. The summed E-state index contributed by atoms with van der Waals surface area (Å²) in [4.78, 5) is 25.1.